The van der Waals surface area contributed by atoms with E-state index in [1.807, 2.05) is 0 Å². The van der Waals surface area contributed by atoms with Crippen LogP contribution < -0.4 is 8.92 Å². The van der Waals surface area contributed by atoms with Gasteiger partial charge in [0.15, 0.2) is 5.75 Å². The summed E-state index contributed by atoms with van der Waals surface area (Å²) in [5.41, 5.74) is -5.34. The van der Waals surface area contributed by atoms with Crippen LogP contribution in [0.5, 0.6) is 11.6 Å². The van der Waals surface area contributed by atoms with Crippen molar-refractivity contribution in [1.29, 1.82) is 0 Å². The van der Waals surface area contributed by atoms with Gasteiger partial charge in [-0.15, -0.1) is 10.2 Å². The number of hydrogen-bond donors (Lipinski definition) is 0. The van der Waals surface area contributed by atoms with Gasteiger partial charge in [-0.25, -0.2) is 0 Å². The second-order valence-corrected chi connectivity index (χ2v) is 7.78. The zero-order chi connectivity index (χ0) is 21.5. The smallest absolute Gasteiger partial charge is 0.479 e. The van der Waals surface area contributed by atoms with Crippen LogP contribution in [0.1, 0.15) is 0 Å². The first-order chi connectivity index (χ1) is 14.2. The molecule has 0 spiro atoms. The van der Waals surface area contributed by atoms with Crippen molar-refractivity contribution in [2.45, 2.75) is 5.51 Å². The molecule has 0 unspecified atom stereocenters. The highest BCUT2D eigenvalue weighted by atomic mass is 32.2. The molecule has 0 radical (unpaired) electrons. The molecule has 6 nitrogen and oxygen atoms in total. The molecule has 0 saturated heterocycles. The lowest BCUT2D eigenvalue weighted by atomic mass is 9.98. The molecule has 0 bridgehead atoms. The summed E-state index contributed by atoms with van der Waals surface area (Å²) in [6.07, 6.45) is 0. The Labute approximate surface area is 169 Å². The van der Waals surface area contributed by atoms with E-state index in [-0.39, 0.29) is 17.1 Å². The van der Waals surface area contributed by atoms with E-state index < -0.39 is 21.4 Å². The standard InChI is InChI=1S/C20H13F3N2O4S/c1-28-19-15-9-5-4-8-14(15)18(24-25-19)17-13-7-3-2-6-12(13)10-11-16(17)29-30(26,27)20(21,22)23/h2-11H,1H3. The Balaban J connectivity index is 2.07. The number of aromatic nitrogens is 2. The van der Waals surface area contributed by atoms with Crippen molar-refractivity contribution in [2.75, 3.05) is 7.11 Å². The van der Waals surface area contributed by atoms with Gasteiger partial charge in [0.25, 0.3) is 0 Å². The van der Waals surface area contributed by atoms with E-state index >= 15 is 0 Å². The largest absolute Gasteiger partial charge is 0.534 e. The van der Waals surface area contributed by atoms with Crippen LogP contribution in [0.4, 0.5) is 13.2 Å². The third-order valence-corrected chi connectivity index (χ3v) is 5.42. The Hall–Kier alpha value is -3.40. The number of benzene rings is 3. The summed E-state index contributed by atoms with van der Waals surface area (Å²) in [5.74, 6) is -0.282. The number of rotatable bonds is 4. The van der Waals surface area contributed by atoms with Gasteiger partial charge in [0.2, 0.25) is 5.88 Å². The van der Waals surface area contributed by atoms with E-state index in [1.54, 1.807) is 48.5 Å². The molecule has 4 rings (SSSR count). The maximum atomic E-state index is 13.0. The quantitative estimate of drug-likeness (QED) is 0.343. The average Bonchev–Trinajstić information content (AvgIpc) is 2.72. The zero-order valence-corrected chi connectivity index (χ0v) is 16.2. The molecule has 0 aliphatic carbocycles. The highest BCUT2D eigenvalue weighted by molar-refractivity contribution is 7.88. The number of alkyl halides is 3. The molecular formula is C20H13F3N2O4S. The summed E-state index contributed by atoms with van der Waals surface area (Å²) in [6.45, 7) is 0. The van der Waals surface area contributed by atoms with Gasteiger partial charge in [-0.2, -0.15) is 21.6 Å². The maximum absolute atomic E-state index is 13.0. The van der Waals surface area contributed by atoms with Gasteiger partial charge in [0.05, 0.1) is 12.7 Å². The molecule has 3 aromatic carbocycles. The van der Waals surface area contributed by atoms with Crippen LogP contribution in [0, 0.1) is 0 Å². The number of halogens is 3. The summed E-state index contributed by atoms with van der Waals surface area (Å²) in [6, 6.07) is 16.3. The highest BCUT2D eigenvalue weighted by Gasteiger charge is 2.49. The Morgan fingerprint density at radius 2 is 1.47 bits per heavy atom. The fraction of sp³-hybridized carbons (Fsp3) is 0.100. The summed E-state index contributed by atoms with van der Waals surface area (Å²) < 4.78 is 72.0. The highest BCUT2D eigenvalue weighted by Crippen LogP contribution is 2.42. The predicted molar refractivity (Wildman–Crippen MR) is 105 cm³/mol. The Morgan fingerprint density at radius 1 is 0.833 bits per heavy atom. The number of fused-ring (bicyclic) bond motifs is 2. The molecule has 0 N–H and O–H groups in total. The van der Waals surface area contributed by atoms with Crippen LogP contribution in [-0.4, -0.2) is 31.2 Å². The van der Waals surface area contributed by atoms with Gasteiger partial charge < -0.3 is 8.92 Å². The van der Waals surface area contributed by atoms with Crippen LogP contribution in [0.15, 0.2) is 60.7 Å². The van der Waals surface area contributed by atoms with Crippen LogP contribution in [0.3, 0.4) is 0 Å². The molecule has 1 heterocycles. The van der Waals surface area contributed by atoms with Crippen molar-refractivity contribution >= 4 is 31.7 Å². The third kappa shape index (κ3) is 3.28. The number of methoxy groups -OCH3 is 1. The second-order valence-electron chi connectivity index (χ2n) is 6.25. The fourth-order valence-corrected chi connectivity index (χ4v) is 3.62. The van der Waals surface area contributed by atoms with Gasteiger partial charge >= 0.3 is 15.6 Å². The summed E-state index contributed by atoms with van der Waals surface area (Å²) >= 11 is 0. The van der Waals surface area contributed by atoms with Crippen LogP contribution in [0.25, 0.3) is 32.8 Å². The lowest BCUT2D eigenvalue weighted by Crippen LogP contribution is -2.28. The molecule has 10 heteroatoms. The first-order valence-corrected chi connectivity index (χ1v) is 9.96. The molecule has 0 amide bonds. The van der Waals surface area contributed by atoms with Crippen LogP contribution in [-0.2, 0) is 10.1 Å². The van der Waals surface area contributed by atoms with Crippen molar-refractivity contribution < 1.29 is 30.5 Å². The minimum absolute atomic E-state index is 0.0762. The molecule has 30 heavy (non-hydrogen) atoms. The van der Waals surface area contributed by atoms with Crippen molar-refractivity contribution in [3.63, 3.8) is 0 Å². The van der Waals surface area contributed by atoms with Gasteiger partial charge in [0, 0.05) is 10.8 Å². The molecule has 4 aromatic rings. The normalized spacial score (nSPS) is 12.3. The van der Waals surface area contributed by atoms with E-state index in [0.717, 1.165) is 0 Å². The van der Waals surface area contributed by atoms with Crippen molar-refractivity contribution in [2.24, 2.45) is 0 Å². The molecule has 154 valence electrons. The maximum Gasteiger partial charge on any atom is 0.534 e. The topological polar surface area (TPSA) is 78.4 Å². The SMILES string of the molecule is COc1nnc(-c2c(OS(=O)(=O)C(F)(F)F)ccc3ccccc23)c2ccccc12. The minimum atomic E-state index is -5.89. The number of ether oxygens (including phenoxy) is 1. The van der Waals surface area contributed by atoms with Crippen LogP contribution in [0.2, 0.25) is 0 Å². The van der Waals surface area contributed by atoms with Gasteiger partial charge in [-0.05, 0) is 22.9 Å². The van der Waals surface area contributed by atoms with Gasteiger partial charge in [-0.1, -0.05) is 48.5 Å². The molecular weight excluding hydrogens is 421 g/mol. The molecule has 0 fully saturated rings. The summed E-state index contributed by atoms with van der Waals surface area (Å²) in [7, 11) is -4.47. The van der Waals surface area contributed by atoms with Crippen molar-refractivity contribution in [1.82, 2.24) is 10.2 Å². The Morgan fingerprint density at radius 3 is 2.13 bits per heavy atom. The first-order valence-electron chi connectivity index (χ1n) is 8.55. The van der Waals surface area contributed by atoms with E-state index in [2.05, 4.69) is 14.4 Å². The third-order valence-electron chi connectivity index (χ3n) is 4.46. The summed E-state index contributed by atoms with van der Waals surface area (Å²) in [4.78, 5) is 0. The molecule has 0 saturated carbocycles. The number of nitrogens with zero attached hydrogens (tertiary/aromatic N) is 2. The summed E-state index contributed by atoms with van der Waals surface area (Å²) in [5, 5.41) is 10.3. The van der Waals surface area contributed by atoms with E-state index in [1.165, 1.54) is 19.2 Å². The monoisotopic (exact) mass is 434 g/mol. The fourth-order valence-electron chi connectivity index (χ4n) is 3.15. The zero-order valence-electron chi connectivity index (χ0n) is 15.3. The van der Waals surface area contributed by atoms with E-state index in [9.17, 15) is 21.6 Å². The molecule has 0 aliphatic heterocycles. The average molecular weight is 434 g/mol. The van der Waals surface area contributed by atoms with Crippen molar-refractivity contribution in [3.8, 4) is 22.9 Å². The second kappa shape index (κ2) is 7.13. The van der Waals surface area contributed by atoms with E-state index in [4.69, 9.17) is 4.74 Å². The van der Waals surface area contributed by atoms with Gasteiger partial charge in [-0.3, -0.25) is 0 Å². The first kappa shape index (κ1) is 19.9. The van der Waals surface area contributed by atoms with Crippen molar-refractivity contribution in [3.05, 3.63) is 60.7 Å². The molecule has 0 atom stereocenters. The lowest BCUT2D eigenvalue weighted by Gasteiger charge is -2.16. The lowest BCUT2D eigenvalue weighted by molar-refractivity contribution is -0.0499. The van der Waals surface area contributed by atoms with Gasteiger partial charge in [0.1, 0.15) is 5.69 Å². The predicted octanol–water partition coefficient (Wildman–Crippen LogP) is 4.69. The van der Waals surface area contributed by atoms with Crippen LogP contribution >= 0.6 is 0 Å². The molecule has 1 aromatic heterocycles. The molecule has 0 aliphatic rings. The number of hydrogen-bond acceptors (Lipinski definition) is 6. The Kier molecular flexibility index (Phi) is 4.73. The van der Waals surface area contributed by atoms with E-state index in [0.29, 0.717) is 21.5 Å². The Bertz CT molecular complexity index is 1370. The minimum Gasteiger partial charge on any atom is -0.479 e.